The van der Waals surface area contributed by atoms with Gasteiger partial charge in [-0.3, -0.25) is 0 Å². The van der Waals surface area contributed by atoms with Crippen LogP contribution in [0.5, 0.6) is 0 Å². The van der Waals surface area contributed by atoms with E-state index >= 15 is 0 Å². The van der Waals surface area contributed by atoms with Crippen LogP contribution in [0.15, 0.2) is 12.2 Å². The Bertz CT molecular complexity index is 232. The normalized spacial score (nSPS) is 20.6. The number of nitrogens with one attached hydrogen (secondary N) is 1. The minimum atomic E-state index is -0.932. The van der Waals surface area contributed by atoms with Crippen LogP contribution in [0.3, 0.4) is 0 Å². The highest BCUT2D eigenvalue weighted by Crippen LogP contribution is 2.27. The second kappa shape index (κ2) is 5.88. The van der Waals surface area contributed by atoms with Gasteiger partial charge in [0.25, 0.3) is 0 Å². The van der Waals surface area contributed by atoms with Crippen LogP contribution >= 0.6 is 0 Å². The van der Waals surface area contributed by atoms with Gasteiger partial charge in [0.2, 0.25) is 0 Å². The lowest BCUT2D eigenvalue weighted by molar-refractivity contribution is -0.131. The van der Waals surface area contributed by atoms with Crippen molar-refractivity contribution in [1.29, 1.82) is 0 Å². The zero-order chi connectivity index (χ0) is 11.1. The summed E-state index contributed by atoms with van der Waals surface area (Å²) in [5, 5.41) is 21.0. The first kappa shape index (κ1) is 12.2. The van der Waals surface area contributed by atoms with Crippen LogP contribution in [0, 0.1) is 0 Å². The van der Waals surface area contributed by atoms with Crippen molar-refractivity contribution >= 4 is 5.97 Å². The molecule has 0 aromatic heterocycles. The van der Waals surface area contributed by atoms with E-state index in [1.807, 2.05) is 0 Å². The standard InChI is InChI=1S/C11H19NO3/c13-9-11(6-2-1-3-7-11)12-8-4-5-10(14)15/h4-5,12-13H,1-3,6-9H2,(H,14,15)/b5-4+. The molecule has 15 heavy (non-hydrogen) atoms. The van der Waals surface area contributed by atoms with E-state index in [9.17, 15) is 9.90 Å². The van der Waals surface area contributed by atoms with Crippen LogP contribution in [0.4, 0.5) is 0 Å². The molecule has 0 aromatic rings. The van der Waals surface area contributed by atoms with Crippen LogP contribution in [0.2, 0.25) is 0 Å². The molecule has 3 N–H and O–H groups in total. The smallest absolute Gasteiger partial charge is 0.328 e. The summed E-state index contributed by atoms with van der Waals surface area (Å²) < 4.78 is 0. The van der Waals surface area contributed by atoms with Crippen LogP contribution in [0.1, 0.15) is 32.1 Å². The maximum atomic E-state index is 10.2. The summed E-state index contributed by atoms with van der Waals surface area (Å²) in [6.45, 7) is 0.640. The van der Waals surface area contributed by atoms with Crippen molar-refractivity contribution < 1.29 is 15.0 Å². The largest absolute Gasteiger partial charge is 0.478 e. The van der Waals surface area contributed by atoms with Crippen LogP contribution < -0.4 is 5.32 Å². The lowest BCUT2D eigenvalue weighted by atomic mass is 9.82. The number of aliphatic carboxylic acids is 1. The number of aliphatic hydroxyl groups is 1. The molecule has 0 radical (unpaired) electrons. The van der Waals surface area contributed by atoms with E-state index in [0.717, 1.165) is 31.8 Å². The zero-order valence-electron chi connectivity index (χ0n) is 8.91. The van der Waals surface area contributed by atoms with E-state index in [0.29, 0.717) is 6.54 Å². The van der Waals surface area contributed by atoms with Crippen molar-refractivity contribution in [2.75, 3.05) is 13.2 Å². The van der Waals surface area contributed by atoms with Crippen molar-refractivity contribution in [1.82, 2.24) is 5.32 Å². The molecule has 0 heterocycles. The van der Waals surface area contributed by atoms with Gasteiger partial charge in [0, 0.05) is 18.2 Å². The predicted molar refractivity (Wildman–Crippen MR) is 57.7 cm³/mol. The molecule has 0 amide bonds. The lowest BCUT2D eigenvalue weighted by Crippen LogP contribution is -2.49. The summed E-state index contributed by atoms with van der Waals surface area (Å²) in [6, 6.07) is 0. The Morgan fingerprint density at radius 2 is 2.00 bits per heavy atom. The molecular formula is C11H19NO3. The molecule has 0 atom stereocenters. The number of carboxylic acid groups (broad SMARTS) is 1. The van der Waals surface area contributed by atoms with Crippen molar-refractivity contribution in [3.63, 3.8) is 0 Å². The van der Waals surface area contributed by atoms with Crippen molar-refractivity contribution in [2.45, 2.75) is 37.6 Å². The average molecular weight is 213 g/mol. The highest BCUT2D eigenvalue weighted by atomic mass is 16.4. The van der Waals surface area contributed by atoms with Gasteiger partial charge in [0.1, 0.15) is 0 Å². The van der Waals surface area contributed by atoms with Crippen LogP contribution in [-0.2, 0) is 4.79 Å². The van der Waals surface area contributed by atoms with Crippen molar-refractivity contribution in [3.05, 3.63) is 12.2 Å². The number of rotatable bonds is 5. The molecule has 4 heteroatoms. The fourth-order valence-corrected chi connectivity index (χ4v) is 2.05. The second-order valence-electron chi connectivity index (χ2n) is 4.12. The van der Waals surface area contributed by atoms with Gasteiger partial charge in [0.05, 0.1) is 6.61 Å². The molecular weight excluding hydrogens is 194 g/mol. The van der Waals surface area contributed by atoms with Gasteiger partial charge in [0.15, 0.2) is 0 Å². The third-order valence-corrected chi connectivity index (χ3v) is 2.97. The first-order valence-electron chi connectivity index (χ1n) is 5.44. The van der Waals surface area contributed by atoms with E-state index in [1.54, 1.807) is 6.08 Å². The Kier molecular flexibility index (Phi) is 4.78. The summed E-state index contributed by atoms with van der Waals surface area (Å²) in [6.07, 6.45) is 8.16. The summed E-state index contributed by atoms with van der Waals surface area (Å²) in [5.74, 6) is -0.932. The third-order valence-electron chi connectivity index (χ3n) is 2.97. The van der Waals surface area contributed by atoms with Gasteiger partial charge in [-0.15, -0.1) is 0 Å². The second-order valence-corrected chi connectivity index (χ2v) is 4.12. The van der Waals surface area contributed by atoms with Crippen molar-refractivity contribution in [3.8, 4) is 0 Å². The Hall–Kier alpha value is -0.870. The SMILES string of the molecule is O=C(O)/C=C/CNC1(CO)CCCCC1. The van der Waals surface area contributed by atoms with Gasteiger partial charge >= 0.3 is 5.97 Å². The first-order valence-corrected chi connectivity index (χ1v) is 5.44. The zero-order valence-corrected chi connectivity index (χ0v) is 8.91. The summed E-state index contributed by atoms with van der Waals surface area (Å²) in [7, 11) is 0. The Morgan fingerprint density at radius 3 is 2.53 bits per heavy atom. The van der Waals surface area contributed by atoms with Gasteiger partial charge in [-0.05, 0) is 12.8 Å². The minimum absolute atomic E-state index is 0.133. The molecule has 0 aliphatic heterocycles. The van der Waals surface area contributed by atoms with Crippen molar-refractivity contribution in [2.24, 2.45) is 0 Å². The van der Waals surface area contributed by atoms with Gasteiger partial charge < -0.3 is 15.5 Å². The molecule has 1 fully saturated rings. The summed E-state index contributed by atoms with van der Waals surface area (Å²) in [5.41, 5.74) is -0.179. The Morgan fingerprint density at radius 1 is 1.33 bits per heavy atom. The number of carboxylic acids is 1. The quantitative estimate of drug-likeness (QED) is 0.594. The highest BCUT2D eigenvalue weighted by molar-refractivity contribution is 5.79. The monoisotopic (exact) mass is 213 g/mol. The third kappa shape index (κ3) is 4.01. The lowest BCUT2D eigenvalue weighted by Gasteiger charge is -2.36. The number of hydrogen-bond acceptors (Lipinski definition) is 3. The number of carbonyl (C=O) groups is 1. The minimum Gasteiger partial charge on any atom is -0.478 e. The van der Waals surface area contributed by atoms with E-state index in [4.69, 9.17) is 5.11 Å². The molecule has 1 rings (SSSR count). The molecule has 4 nitrogen and oxygen atoms in total. The maximum Gasteiger partial charge on any atom is 0.328 e. The van der Waals surface area contributed by atoms with Gasteiger partial charge in [-0.25, -0.2) is 4.79 Å². The van der Waals surface area contributed by atoms with Crippen LogP contribution in [-0.4, -0.2) is 34.9 Å². The molecule has 0 aromatic carbocycles. The van der Waals surface area contributed by atoms with Gasteiger partial charge in [-0.2, -0.15) is 0 Å². The summed E-state index contributed by atoms with van der Waals surface area (Å²) in [4.78, 5) is 10.2. The predicted octanol–water partition coefficient (Wildman–Crippen LogP) is 0.912. The molecule has 1 aliphatic carbocycles. The Labute approximate surface area is 90.0 Å². The van der Waals surface area contributed by atoms with Gasteiger partial charge in [-0.1, -0.05) is 25.3 Å². The molecule has 0 spiro atoms. The number of aliphatic hydroxyl groups excluding tert-OH is 1. The van der Waals surface area contributed by atoms with E-state index < -0.39 is 5.97 Å². The molecule has 0 saturated heterocycles. The fraction of sp³-hybridized carbons (Fsp3) is 0.727. The van der Waals surface area contributed by atoms with Crippen LogP contribution in [0.25, 0.3) is 0 Å². The van der Waals surface area contributed by atoms with E-state index in [1.165, 1.54) is 6.42 Å². The first-order chi connectivity index (χ1) is 7.18. The molecule has 86 valence electrons. The molecule has 0 unspecified atom stereocenters. The maximum absolute atomic E-state index is 10.2. The topological polar surface area (TPSA) is 69.6 Å². The highest BCUT2D eigenvalue weighted by Gasteiger charge is 2.29. The molecule has 1 saturated carbocycles. The molecule has 0 bridgehead atoms. The summed E-state index contributed by atoms with van der Waals surface area (Å²) >= 11 is 0. The Balaban J connectivity index is 2.35. The average Bonchev–Trinajstić information content (AvgIpc) is 2.26. The van der Waals surface area contributed by atoms with E-state index in [2.05, 4.69) is 5.32 Å². The molecule has 1 aliphatic rings. The number of hydrogen-bond donors (Lipinski definition) is 3. The van der Waals surface area contributed by atoms with E-state index in [-0.39, 0.29) is 12.1 Å². The fourth-order valence-electron chi connectivity index (χ4n) is 2.05.